The number of anilines is 1. The quantitative estimate of drug-likeness (QED) is 0.179. The zero-order valence-corrected chi connectivity index (χ0v) is 20.8. The zero-order valence-electron chi connectivity index (χ0n) is 18.5. The van der Waals surface area contributed by atoms with Crippen molar-refractivity contribution in [3.8, 4) is 22.8 Å². The molecule has 0 atom stereocenters. The predicted molar refractivity (Wildman–Crippen MR) is 147 cm³/mol. The number of aromatic nitrogens is 1. The van der Waals surface area contributed by atoms with Crippen LogP contribution >= 0.6 is 35.4 Å². The highest BCUT2D eigenvalue weighted by Crippen LogP contribution is 2.28. The lowest BCUT2D eigenvalue weighted by Gasteiger charge is -2.07. The van der Waals surface area contributed by atoms with E-state index in [1.165, 1.54) is 6.08 Å². The van der Waals surface area contributed by atoms with Crippen molar-refractivity contribution in [3.05, 3.63) is 101 Å². The van der Waals surface area contributed by atoms with E-state index >= 15 is 0 Å². The molecule has 0 aliphatic carbocycles. The van der Waals surface area contributed by atoms with Crippen molar-refractivity contribution in [1.82, 2.24) is 10.3 Å². The van der Waals surface area contributed by atoms with Gasteiger partial charge in [0.05, 0.1) is 0 Å². The van der Waals surface area contributed by atoms with Gasteiger partial charge in [-0.05, 0) is 91.1 Å². The van der Waals surface area contributed by atoms with Gasteiger partial charge in [0.2, 0.25) is 11.8 Å². The Balaban J connectivity index is 1.20. The summed E-state index contributed by atoms with van der Waals surface area (Å²) in [7, 11) is 0. The zero-order chi connectivity index (χ0) is 25.1. The number of thiocarbonyl (C=S) groups is 1. The highest BCUT2D eigenvalue weighted by Gasteiger charge is 2.10. The summed E-state index contributed by atoms with van der Waals surface area (Å²) in [6.07, 6.45) is 2.91. The average Bonchev–Trinajstić information content (AvgIpc) is 3.50. The van der Waals surface area contributed by atoms with Gasteiger partial charge in [-0.2, -0.15) is 0 Å². The Bertz CT molecular complexity index is 1610. The number of halogens is 2. The standard InChI is InChI=1S/C27H17Cl2N3O3S/c28-18-6-4-16(5-7-18)23-12-9-21(34-23)10-13-25(33)32-27(36)30-20-8-11-24-22(15-20)31-26(35-24)17-2-1-3-19(29)14-17/h1-15H,(H2,30,32,33,36). The van der Waals surface area contributed by atoms with E-state index < -0.39 is 5.91 Å². The molecule has 0 saturated carbocycles. The van der Waals surface area contributed by atoms with E-state index in [4.69, 9.17) is 44.3 Å². The molecule has 1 amide bonds. The smallest absolute Gasteiger partial charge is 0.250 e. The number of amides is 1. The molecule has 0 fully saturated rings. The Morgan fingerprint density at radius 1 is 0.889 bits per heavy atom. The summed E-state index contributed by atoms with van der Waals surface area (Å²) in [6, 6.07) is 23.5. The molecule has 9 heteroatoms. The van der Waals surface area contributed by atoms with E-state index in [2.05, 4.69) is 15.6 Å². The maximum atomic E-state index is 12.3. The van der Waals surface area contributed by atoms with Crippen molar-refractivity contribution in [2.75, 3.05) is 5.32 Å². The van der Waals surface area contributed by atoms with Gasteiger partial charge in [-0.15, -0.1) is 0 Å². The fourth-order valence-electron chi connectivity index (χ4n) is 3.44. The largest absolute Gasteiger partial charge is 0.457 e. The molecule has 0 unspecified atom stereocenters. The molecule has 2 aromatic heterocycles. The molecule has 2 heterocycles. The first kappa shape index (κ1) is 23.8. The summed E-state index contributed by atoms with van der Waals surface area (Å²) >= 11 is 17.3. The number of hydrogen-bond acceptors (Lipinski definition) is 5. The predicted octanol–water partition coefficient (Wildman–Crippen LogP) is 7.59. The summed E-state index contributed by atoms with van der Waals surface area (Å²) in [5.74, 6) is 1.26. The molecule has 36 heavy (non-hydrogen) atoms. The summed E-state index contributed by atoms with van der Waals surface area (Å²) in [5.41, 5.74) is 3.57. The molecule has 2 N–H and O–H groups in total. The molecule has 0 spiro atoms. The number of carbonyl (C=O) groups is 1. The third-order valence-corrected chi connectivity index (χ3v) is 5.80. The van der Waals surface area contributed by atoms with Crippen LogP contribution in [0.25, 0.3) is 40.0 Å². The summed E-state index contributed by atoms with van der Waals surface area (Å²) in [4.78, 5) is 16.8. The Hall–Kier alpha value is -3.91. The fourth-order valence-corrected chi connectivity index (χ4v) is 3.97. The summed E-state index contributed by atoms with van der Waals surface area (Å²) < 4.78 is 11.6. The number of furan rings is 1. The van der Waals surface area contributed by atoms with Crippen molar-refractivity contribution in [2.24, 2.45) is 0 Å². The minimum Gasteiger partial charge on any atom is -0.457 e. The fraction of sp³-hybridized carbons (Fsp3) is 0. The van der Waals surface area contributed by atoms with Crippen molar-refractivity contribution >= 4 is 69.3 Å². The molecule has 0 bridgehead atoms. The number of rotatable bonds is 5. The minimum atomic E-state index is -0.400. The minimum absolute atomic E-state index is 0.142. The van der Waals surface area contributed by atoms with Crippen molar-refractivity contribution in [1.29, 1.82) is 0 Å². The van der Waals surface area contributed by atoms with Crippen LogP contribution in [0.2, 0.25) is 10.0 Å². The molecule has 0 saturated heterocycles. The molecule has 3 aromatic carbocycles. The van der Waals surface area contributed by atoms with Gasteiger partial charge in [0.15, 0.2) is 10.7 Å². The first-order valence-electron chi connectivity index (χ1n) is 10.8. The van der Waals surface area contributed by atoms with Crippen LogP contribution in [0, 0.1) is 0 Å². The molecule has 178 valence electrons. The highest BCUT2D eigenvalue weighted by molar-refractivity contribution is 7.80. The van der Waals surface area contributed by atoms with Crippen LogP contribution in [0.4, 0.5) is 5.69 Å². The Morgan fingerprint density at radius 2 is 1.72 bits per heavy atom. The van der Waals surface area contributed by atoms with Crippen LogP contribution in [-0.4, -0.2) is 16.0 Å². The van der Waals surface area contributed by atoms with E-state index in [1.807, 2.05) is 30.3 Å². The number of benzene rings is 3. The van der Waals surface area contributed by atoms with Gasteiger partial charge < -0.3 is 14.2 Å². The highest BCUT2D eigenvalue weighted by atomic mass is 35.5. The Kier molecular flexibility index (Phi) is 6.86. The molecule has 6 nitrogen and oxygen atoms in total. The first-order valence-corrected chi connectivity index (χ1v) is 11.9. The number of fused-ring (bicyclic) bond motifs is 1. The normalized spacial score (nSPS) is 11.2. The van der Waals surface area contributed by atoms with Gasteiger partial charge >= 0.3 is 0 Å². The van der Waals surface area contributed by atoms with Gasteiger partial charge in [-0.3, -0.25) is 10.1 Å². The Labute approximate surface area is 221 Å². The SMILES string of the molecule is O=C(C=Cc1ccc(-c2ccc(Cl)cc2)o1)NC(=S)Nc1ccc2oc(-c3cccc(Cl)c3)nc2c1. The Morgan fingerprint density at radius 3 is 2.53 bits per heavy atom. The maximum absolute atomic E-state index is 12.3. The molecule has 0 radical (unpaired) electrons. The number of oxazole rings is 1. The van der Waals surface area contributed by atoms with Crippen LogP contribution < -0.4 is 10.6 Å². The molecule has 0 aliphatic rings. The monoisotopic (exact) mass is 533 g/mol. The van der Waals surface area contributed by atoms with Gasteiger partial charge in [-0.25, -0.2) is 4.98 Å². The number of nitrogens with zero attached hydrogens (tertiary/aromatic N) is 1. The summed E-state index contributed by atoms with van der Waals surface area (Å²) in [6.45, 7) is 0. The third-order valence-electron chi connectivity index (χ3n) is 5.11. The van der Waals surface area contributed by atoms with E-state index in [-0.39, 0.29) is 5.11 Å². The molecule has 0 aliphatic heterocycles. The van der Waals surface area contributed by atoms with Gasteiger partial charge in [0, 0.05) is 32.9 Å². The number of nitrogens with one attached hydrogen (secondary N) is 2. The van der Waals surface area contributed by atoms with Crippen molar-refractivity contribution < 1.29 is 13.6 Å². The van der Waals surface area contributed by atoms with Crippen LogP contribution in [-0.2, 0) is 4.79 Å². The molecule has 5 aromatic rings. The number of carbonyl (C=O) groups excluding carboxylic acids is 1. The van der Waals surface area contributed by atoms with Gasteiger partial charge in [0.1, 0.15) is 17.0 Å². The second kappa shape index (κ2) is 10.4. The van der Waals surface area contributed by atoms with Crippen LogP contribution in [0.1, 0.15) is 5.76 Å². The summed E-state index contributed by atoms with van der Waals surface area (Å²) in [5, 5.41) is 6.98. The second-order valence-electron chi connectivity index (χ2n) is 7.70. The topological polar surface area (TPSA) is 80.3 Å². The van der Waals surface area contributed by atoms with Crippen molar-refractivity contribution in [2.45, 2.75) is 0 Å². The first-order chi connectivity index (χ1) is 17.4. The number of hydrogen-bond donors (Lipinski definition) is 2. The van der Waals surface area contributed by atoms with Crippen LogP contribution in [0.5, 0.6) is 0 Å². The molecule has 5 rings (SSSR count). The van der Waals surface area contributed by atoms with Gasteiger partial charge in [-0.1, -0.05) is 29.3 Å². The molecular formula is C27H17Cl2N3O3S. The van der Waals surface area contributed by atoms with E-state index in [9.17, 15) is 4.79 Å². The lowest BCUT2D eigenvalue weighted by Crippen LogP contribution is -2.32. The average molecular weight is 534 g/mol. The lowest BCUT2D eigenvalue weighted by molar-refractivity contribution is -0.115. The van der Waals surface area contributed by atoms with Crippen molar-refractivity contribution in [3.63, 3.8) is 0 Å². The van der Waals surface area contributed by atoms with E-state index in [0.29, 0.717) is 44.2 Å². The van der Waals surface area contributed by atoms with E-state index in [0.717, 1.165) is 11.1 Å². The third kappa shape index (κ3) is 5.66. The van der Waals surface area contributed by atoms with E-state index in [1.54, 1.807) is 54.6 Å². The van der Waals surface area contributed by atoms with Crippen LogP contribution in [0.3, 0.4) is 0 Å². The lowest BCUT2D eigenvalue weighted by atomic mass is 10.2. The maximum Gasteiger partial charge on any atom is 0.250 e. The molecular weight excluding hydrogens is 517 g/mol. The second-order valence-corrected chi connectivity index (χ2v) is 8.98. The van der Waals surface area contributed by atoms with Crippen LogP contribution in [0.15, 0.2) is 93.8 Å². The van der Waals surface area contributed by atoms with Gasteiger partial charge in [0.25, 0.3) is 0 Å².